The fourth-order valence-electron chi connectivity index (χ4n) is 3.35. The lowest BCUT2D eigenvalue weighted by Crippen LogP contribution is -2.63. The average Bonchev–Trinajstić information content (AvgIpc) is 2.68. The van der Waals surface area contributed by atoms with Gasteiger partial charge in [-0.15, -0.1) is 0 Å². The molecule has 30 heavy (non-hydrogen) atoms. The maximum absolute atomic E-state index is 13.2. The summed E-state index contributed by atoms with van der Waals surface area (Å²) >= 11 is 0. The van der Waals surface area contributed by atoms with Crippen LogP contribution in [0.3, 0.4) is 0 Å². The number of nitrogens with one attached hydrogen (secondary N) is 1. The van der Waals surface area contributed by atoms with Crippen molar-refractivity contribution in [2.24, 2.45) is 5.41 Å². The lowest BCUT2D eigenvalue weighted by atomic mass is 9.84. The number of carbonyl (C=O) groups excluding carboxylic acids is 3. The van der Waals surface area contributed by atoms with Crippen molar-refractivity contribution < 1.29 is 19.1 Å². The molecule has 2 atom stereocenters. The number of pyridine rings is 1. The van der Waals surface area contributed by atoms with E-state index in [0.717, 1.165) is 5.39 Å². The quantitative estimate of drug-likeness (QED) is 0.585. The average molecular weight is 409 g/mol. The van der Waals surface area contributed by atoms with Crippen LogP contribution in [0.25, 0.3) is 10.9 Å². The largest absolute Gasteiger partial charge is 0.460 e. The Morgan fingerprint density at radius 1 is 1.27 bits per heavy atom. The molecule has 0 spiro atoms. The number of para-hydroxylation sites is 1. The summed E-state index contributed by atoms with van der Waals surface area (Å²) in [5.41, 5.74) is 0.382. The number of carbonyl (C=O) groups is 3. The van der Waals surface area contributed by atoms with Crippen LogP contribution in [0.1, 0.15) is 37.7 Å². The van der Waals surface area contributed by atoms with E-state index in [4.69, 9.17) is 4.74 Å². The van der Waals surface area contributed by atoms with E-state index in [-0.39, 0.29) is 18.2 Å². The topological polar surface area (TPSA) is 88.6 Å². The third-order valence-corrected chi connectivity index (χ3v) is 5.14. The summed E-state index contributed by atoms with van der Waals surface area (Å²) in [6, 6.07) is 9.54. The van der Waals surface area contributed by atoms with E-state index >= 15 is 0 Å². The summed E-state index contributed by atoms with van der Waals surface area (Å²) in [4.78, 5) is 44.1. The third kappa shape index (κ3) is 4.50. The molecule has 1 unspecified atom stereocenters. The first-order chi connectivity index (χ1) is 14.2. The number of rotatable bonds is 6. The second-order valence-corrected chi connectivity index (χ2v) is 8.42. The van der Waals surface area contributed by atoms with Gasteiger partial charge in [0, 0.05) is 11.9 Å². The standard InChI is InChI=1S/C23H27N3O4/c1-5-14-30-22(29)18-12-13-26(18)21(28)19(23(2,3)4)25-20(27)17-11-10-15-8-6-7-9-16(15)24-17/h5-11,18-19H,1,12-14H2,2-4H3,(H,25,27)/t18-,19?/m1/s1. The molecule has 0 radical (unpaired) electrons. The van der Waals surface area contributed by atoms with Crippen molar-refractivity contribution in [3.63, 3.8) is 0 Å². The van der Waals surface area contributed by atoms with Crippen LogP contribution < -0.4 is 5.32 Å². The monoisotopic (exact) mass is 409 g/mol. The summed E-state index contributed by atoms with van der Waals surface area (Å²) in [6.07, 6.45) is 2.02. The fourth-order valence-corrected chi connectivity index (χ4v) is 3.35. The normalized spacial score (nSPS) is 17.0. The molecule has 0 bridgehead atoms. The number of nitrogens with zero attached hydrogens (tertiary/aromatic N) is 2. The summed E-state index contributed by atoms with van der Waals surface area (Å²) in [5.74, 6) is -1.19. The lowest BCUT2D eigenvalue weighted by Gasteiger charge is -2.43. The van der Waals surface area contributed by atoms with E-state index in [1.807, 2.05) is 51.1 Å². The maximum Gasteiger partial charge on any atom is 0.329 e. The first-order valence-electron chi connectivity index (χ1n) is 9.97. The number of fused-ring (bicyclic) bond motifs is 1. The zero-order valence-electron chi connectivity index (χ0n) is 17.6. The molecule has 2 heterocycles. The van der Waals surface area contributed by atoms with E-state index in [1.54, 1.807) is 6.07 Å². The molecule has 1 aromatic carbocycles. The molecule has 1 fully saturated rings. The highest BCUT2D eigenvalue weighted by Crippen LogP contribution is 2.27. The Kier molecular flexibility index (Phi) is 6.20. The molecule has 1 aliphatic rings. The number of likely N-dealkylation sites (tertiary alicyclic amines) is 1. The van der Waals surface area contributed by atoms with E-state index in [1.165, 1.54) is 11.0 Å². The molecule has 1 N–H and O–H groups in total. The van der Waals surface area contributed by atoms with Gasteiger partial charge in [0.2, 0.25) is 5.91 Å². The van der Waals surface area contributed by atoms with Crippen molar-refractivity contribution in [2.75, 3.05) is 13.2 Å². The molecule has 3 rings (SSSR count). The van der Waals surface area contributed by atoms with Crippen LogP contribution in [0, 0.1) is 5.41 Å². The van der Waals surface area contributed by atoms with Gasteiger partial charge in [-0.1, -0.05) is 57.7 Å². The van der Waals surface area contributed by atoms with Crippen LogP contribution in [-0.2, 0) is 14.3 Å². The summed E-state index contributed by atoms with van der Waals surface area (Å²) < 4.78 is 5.08. The molecule has 2 aromatic rings. The number of ether oxygens (including phenoxy) is 1. The second kappa shape index (κ2) is 8.65. The maximum atomic E-state index is 13.2. The number of amides is 2. The summed E-state index contributed by atoms with van der Waals surface area (Å²) in [7, 11) is 0. The number of benzene rings is 1. The fraction of sp³-hybridized carbons (Fsp3) is 0.391. The van der Waals surface area contributed by atoms with Gasteiger partial charge in [0.05, 0.1) is 5.52 Å². The summed E-state index contributed by atoms with van der Waals surface area (Å²) in [6.45, 7) is 9.68. The van der Waals surface area contributed by atoms with Gasteiger partial charge >= 0.3 is 5.97 Å². The van der Waals surface area contributed by atoms with Crippen molar-refractivity contribution in [1.82, 2.24) is 15.2 Å². The van der Waals surface area contributed by atoms with Gasteiger partial charge in [0.1, 0.15) is 24.4 Å². The van der Waals surface area contributed by atoms with E-state index < -0.39 is 29.4 Å². The Morgan fingerprint density at radius 2 is 2.00 bits per heavy atom. The van der Waals surface area contributed by atoms with E-state index in [9.17, 15) is 14.4 Å². The van der Waals surface area contributed by atoms with Crippen molar-refractivity contribution in [1.29, 1.82) is 0 Å². The Hall–Kier alpha value is -3.22. The molecule has 7 heteroatoms. The van der Waals surface area contributed by atoms with Crippen molar-refractivity contribution in [3.8, 4) is 0 Å². The predicted molar refractivity (Wildman–Crippen MR) is 114 cm³/mol. The molecule has 7 nitrogen and oxygen atoms in total. The van der Waals surface area contributed by atoms with Gasteiger partial charge in [0.15, 0.2) is 0 Å². The van der Waals surface area contributed by atoms with E-state index in [0.29, 0.717) is 18.5 Å². The van der Waals surface area contributed by atoms with Crippen molar-refractivity contribution in [2.45, 2.75) is 39.3 Å². The van der Waals surface area contributed by atoms with Crippen LogP contribution in [0.4, 0.5) is 0 Å². The van der Waals surface area contributed by atoms with Gasteiger partial charge in [-0.2, -0.15) is 0 Å². The zero-order chi connectivity index (χ0) is 21.9. The third-order valence-electron chi connectivity index (χ3n) is 5.14. The van der Waals surface area contributed by atoms with Gasteiger partial charge in [-0.25, -0.2) is 9.78 Å². The molecule has 2 amide bonds. The lowest BCUT2D eigenvalue weighted by molar-refractivity contribution is -0.163. The Balaban J connectivity index is 1.77. The molecule has 158 valence electrons. The molecule has 0 aliphatic carbocycles. The smallest absolute Gasteiger partial charge is 0.329 e. The van der Waals surface area contributed by atoms with Gasteiger partial charge < -0.3 is 15.0 Å². The number of esters is 1. The van der Waals surface area contributed by atoms with Crippen LogP contribution in [0.5, 0.6) is 0 Å². The number of hydrogen-bond donors (Lipinski definition) is 1. The molecular weight excluding hydrogens is 382 g/mol. The minimum Gasteiger partial charge on any atom is -0.460 e. The van der Waals surface area contributed by atoms with Gasteiger partial charge in [-0.05, 0) is 24.0 Å². The van der Waals surface area contributed by atoms with Crippen LogP contribution in [-0.4, -0.2) is 52.9 Å². The highest BCUT2D eigenvalue weighted by Gasteiger charge is 2.44. The van der Waals surface area contributed by atoms with Crippen LogP contribution in [0.2, 0.25) is 0 Å². The molecule has 1 aliphatic heterocycles. The second-order valence-electron chi connectivity index (χ2n) is 8.42. The minimum absolute atomic E-state index is 0.102. The van der Waals surface area contributed by atoms with Gasteiger partial charge in [-0.3, -0.25) is 9.59 Å². The highest BCUT2D eigenvalue weighted by atomic mass is 16.5. The predicted octanol–water partition coefficient (Wildman–Crippen LogP) is 2.71. The number of aromatic nitrogens is 1. The Morgan fingerprint density at radius 3 is 2.63 bits per heavy atom. The van der Waals surface area contributed by atoms with Gasteiger partial charge in [0.25, 0.3) is 5.91 Å². The minimum atomic E-state index is -0.812. The molecule has 1 aromatic heterocycles. The first kappa shape index (κ1) is 21.5. The molecule has 0 saturated carbocycles. The van der Waals surface area contributed by atoms with Crippen molar-refractivity contribution in [3.05, 3.63) is 54.7 Å². The van der Waals surface area contributed by atoms with Crippen LogP contribution in [0.15, 0.2) is 49.1 Å². The first-order valence-corrected chi connectivity index (χ1v) is 9.97. The van der Waals surface area contributed by atoms with Crippen LogP contribution >= 0.6 is 0 Å². The zero-order valence-corrected chi connectivity index (χ0v) is 17.6. The Labute approximate surface area is 176 Å². The van der Waals surface area contributed by atoms with E-state index in [2.05, 4.69) is 16.9 Å². The van der Waals surface area contributed by atoms with Crippen molar-refractivity contribution >= 4 is 28.7 Å². The molecular formula is C23H27N3O4. The highest BCUT2D eigenvalue weighted by molar-refractivity contribution is 5.99. The summed E-state index contributed by atoms with van der Waals surface area (Å²) in [5, 5.41) is 3.76. The SMILES string of the molecule is C=CCOC(=O)[C@H]1CCN1C(=O)C(NC(=O)c1ccc2ccccc2n1)C(C)(C)C. The number of hydrogen-bond acceptors (Lipinski definition) is 5. The molecule has 1 saturated heterocycles. The Bertz CT molecular complexity index is 980.